The number of halogens is 1. The first-order valence-corrected chi connectivity index (χ1v) is 7.03. The van der Waals surface area contributed by atoms with E-state index >= 15 is 0 Å². The number of nitrogens with one attached hydrogen (secondary N) is 2. The van der Waals surface area contributed by atoms with E-state index in [1.165, 1.54) is 11.1 Å². The van der Waals surface area contributed by atoms with Crippen LogP contribution in [0.5, 0.6) is 0 Å². The molecule has 0 aromatic heterocycles. The molecule has 0 bridgehead atoms. The molecular weight excluding hydrogens is 272 g/mol. The Kier molecular flexibility index (Phi) is 6.03. The molecule has 0 fully saturated rings. The molecule has 1 aromatic carbocycles. The highest BCUT2D eigenvalue weighted by atomic mass is 35.5. The quantitative estimate of drug-likeness (QED) is 0.900. The van der Waals surface area contributed by atoms with Crippen LogP contribution in [0, 0.1) is 5.41 Å². The van der Waals surface area contributed by atoms with Gasteiger partial charge in [-0.3, -0.25) is 4.79 Å². The molecule has 2 rings (SSSR count). The summed E-state index contributed by atoms with van der Waals surface area (Å²) in [5, 5.41) is 6.53. The molecule has 1 atom stereocenters. The Labute approximate surface area is 127 Å². The minimum absolute atomic E-state index is 0. The summed E-state index contributed by atoms with van der Waals surface area (Å²) in [6.07, 6.45) is 1.64. The number of benzene rings is 1. The van der Waals surface area contributed by atoms with Gasteiger partial charge in [0.15, 0.2) is 0 Å². The van der Waals surface area contributed by atoms with E-state index in [2.05, 4.69) is 55.7 Å². The van der Waals surface area contributed by atoms with E-state index in [-0.39, 0.29) is 29.8 Å². The lowest BCUT2D eigenvalue weighted by molar-refractivity contribution is -0.122. The van der Waals surface area contributed by atoms with Gasteiger partial charge in [0.25, 0.3) is 0 Å². The van der Waals surface area contributed by atoms with Gasteiger partial charge in [-0.15, -0.1) is 12.4 Å². The molecule has 1 aromatic rings. The Hall–Kier alpha value is -1.06. The van der Waals surface area contributed by atoms with Crippen molar-refractivity contribution >= 4 is 18.3 Å². The van der Waals surface area contributed by atoms with Gasteiger partial charge >= 0.3 is 0 Å². The smallest absolute Gasteiger partial charge is 0.220 e. The van der Waals surface area contributed by atoms with Crippen molar-refractivity contribution in [2.75, 3.05) is 13.1 Å². The highest BCUT2D eigenvalue weighted by molar-refractivity contribution is 5.85. The monoisotopic (exact) mass is 296 g/mol. The van der Waals surface area contributed by atoms with Crippen molar-refractivity contribution in [2.45, 2.75) is 39.7 Å². The molecule has 0 aliphatic carbocycles. The minimum Gasteiger partial charge on any atom is -0.354 e. The van der Waals surface area contributed by atoms with Gasteiger partial charge in [0, 0.05) is 19.0 Å². The van der Waals surface area contributed by atoms with Crippen LogP contribution in [-0.4, -0.2) is 19.0 Å². The average molecular weight is 297 g/mol. The van der Waals surface area contributed by atoms with Crippen molar-refractivity contribution in [1.82, 2.24) is 10.6 Å². The first kappa shape index (κ1) is 17.0. The molecule has 20 heavy (non-hydrogen) atoms. The van der Waals surface area contributed by atoms with E-state index in [1.54, 1.807) is 0 Å². The van der Waals surface area contributed by atoms with Crippen LogP contribution in [0.2, 0.25) is 0 Å². The van der Waals surface area contributed by atoms with E-state index in [4.69, 9.17) is 0 Å². The largest absolute Gasteiger partial charge is 0.354 e. The van der Waals surface area contributed by atoms with Gasteiger partial charge in [-0.25, -0.2) is 0 Å². The summed E-state index contributed by atoms with van der Waals surface area (Å²) in [5.41, 5.74) is 2.77. The molecule has 2 N–H and O–H groups in total. The van der Waals surface area contributed by atoms with Gasteiger partial charge in [-0.05, 0) is 29.5 Å². The second kappa shape index (κ2) is 7.09. The molecule has 0 spiro atoms. The van der Waals surface area contributed by atoms with Gasteiger partial charge in [-0.1, -0.05) is 45.0 Å². The van der Waals surface area contributed by atoms with Gasteiger partial charge in [0.2, 0.25) is 5.91 Å². The van der Waals surface area contributed by atoms with E-state index in [0.29, 0.717) is 13.0 Å². The molecule has 1 heterocycles. The Morgan fingerprint density at radius 2 is 2.05 bits per heavy atom. The lowest BCUT2D eigenvalue weighted by atomic mass is 9.91. The van der Waals surface area contributed by atoms with Crippen LogP contribution in [0.25, 0.3) is 0 Å². The fourth-order valence-corrected chi connectivity index (χ4v) is 2.54. The zero-order valence-electron chi connectivity index (χ0n) is 12.5. The summed E-state index contributed by atoms with van der Waals surface area (Å²) in [7, 11) is 0. The fourth-order valence-electron chi connectivity index (χ4n) is 2.54. The Morgan fingerprint density at radius 3 is 2.75 bits per heavy atom. The van der Waals surface area contributed by atoms with Gasteiger partial charge in [-0.2, -0.15) is 0 Å². The number of carbonyl (C=O) groups excluding carboxylic acids is 1. The molecule has 1 unspecified atom stereocenters. The first-order valence-electron chi connectivity index (χ1n) is 7.03. The number of carbonyl (C=O) groups is 1. The van der Waals surface area contributed by atoms with Gasteiger partial charge in [0.1, 0.15) is 0 Å². The van der Waals surface area contributed by atoms with Crippen LogP contribution in [0.3, 0.4) is 0 Å². The summed E-state index contributed by atoms with van der Waals surface area (Å²) in [4.78, 5) is 11.9. The second-order valence-corrected chi connectivity index (χ2v) is 6.50. The van der Waals surface area contributed by atoms with Crippen molar-refractivity contribution in [3.05, 3.63) is 35.4 Å². The summed E-state index contributed by atoms with van der Waals surface area (Å²) in [6, 6.07) is 8.73. The molecule has 1 aliphatic rings. The third-order valence-electron chi connectivity index (χ3n) is 3.41. The predicted octanol–water partition coefficient (Wildman–Crippen LogP) is 2.85. The topological polar surface area (TPSA) is 41.1 Å². The Morgan fingerprint density at radius 1 is 1.35 bits per heavy atom. The van der Waals surface area contributed by atoms with Crippen molar-refractivity contribution in [3.63, 3.8) is 0 Å². The summed E-state index contributed by atoms with van der Waals surface area (Å²) >= 11 is 0. The Balaban J connectivity index is 0.00000200. The van der Waals surface area contributed by atoms with Crippen LogP contribution < -0.4 is 10.6 Å². The molecule has 0 radical (unpaired) electrons. The first-order chi connectivity index (χ1) is 8.96. The van der Waals surface area contributed by atoms with Gasteiger partial charge < -0.3 is 10.6 Å². The van der Waals surface area contributed by atoms with Gasteiger partial charge in [0.05, 0.1) is 0 Å². The molecule has 1 amide bonds. The normalized spacial score (nSPS) is 17.9. The average Bonchev–Trinajstić information content (AvgIpc) is 2.34. The summed E-state index contributed by atoms with van der Waals surface area (Å²) in [5.74, 6) is 0.136. The zero-order valence-corrected chi connectivity index (χ0v) is 13.3. The second-order valence-electron chi connectivity index (χ2n) is 6.50. The molecule has 0 saturated carbocycles. The lowest BCUT2D eigenvalue weighted by Crippen LogP contribution is -2.39. The highest BCUT2D eigenvalue weighted by Crippen LogP contribution is 2.22. The summed E-state index contributed by atoms with van der Waals surface area (Å²) in [6.45, 7) is 7.91. The van der Waals surface area contributed by atoms with E-state index in [1.807, 2.05) is 0 Å². The van der Waals surface area contributed by atoms with Crippen LogP contribution in [0.4, 0.5) is 0 Å². The van der Waals surface area contributed by atoms with Crippen molar-refractivity contribution in [3.8, 4) is 0 Å². The predicted molar refractivity (Wildman–Crippen MR) is 85.2 cm³/mol. The molecule has 4 heteroatoms. The lowest BCUT2D eigenvalue weighted by Gasteiger charge is -2.27. The molecule has 3 nitrogen and oxygen atoms in total. The minimum atomic E-state index is 0. The third-order valence-corrected chi connectivity index (χ3v) is 3.41. The van der Waals surface area contributed by atoms with Crippen LogP contribution >= 0.6 is 12.4 Å². The van der Waals surface area contributed by atoms with E-state index in [0.717, 1.165) is 13.0 Å². The molecular formula is C16H25ClN2O. The number of hydrogen-bond acceptors (Lipinski definition) is 2. The fraction of sp³-hybridized carbons (Fsp3) is 0.562. The SMILES string of the molecule is CC(C)(C)CC(=O)NCC1NCCc2ccccc21.Cl. The van der Waals surface area contributed by atoms with Crippen molar-refractivity contribution < 1.29 is 4.79 Å². The number of rotatable bonds is 3. The van der Waals surface area contributed by atoms with Crippen molar-refractivity contribution in [1.29, 1.82) is 0 Å². The van der Waals surface area contributed by atoms with E-state index < -0.39 is 0 Å². The standard InChI is InChI=1S/C16H24N2O.ClH/c1-16(2,3)10-15(19)18-11-14-13-7-5-4-6-12(13)8-9-17-14;/h4-7,14,17H,8-11H2,1-3H3,(H,18,19);1H. The maximum absolute atomic E-state index is 11.9. The zero-order chi connectivity index (χ0) is 13.9. The number of fused-ring (bicyclic) bond motifs is 1. The molecule has 1 aliphatic heterocycles. The molecule has 112 valence electrons. The van der Waals surface area contributed by atoms with Crippen LogP contribution in [0.15, 0.2) is 24.3 Å². The maximum Gasteiger partial charge on any atom is 0.220 e. The molecule has 0 saturated heterocycles. The number of hydrogen-bond donors (Lipinski definition) is 2. The van der Waals surface area contributed by atoms with Crippen LogP contribution in [-0.2, 0) is 11.2 Å². The highest BCUT2D eigenvalue weighted by Gasteiger charge is 2.21. The van der Waals surface area contributed by atoms with Crippen molar-refractivity contribution in [2.24, 2.45) is 5.41 Å². The maximum atomic E-state index is 11.9. The summed E-state index contributed by atoms with van der Waals surface area (Å²) < 4.78 is 0. The van der Waals surface area contributed by atoms with Crippen LogP contribution in [0.1, 0.15) is 44.4 Å². The number of amides is 1. The third kappa shape index (κ3) is 4.80. The van der Waals surface area contributed by atoms with E-state index in [9.17, 15) is 4.79 Å². The Bertz CT molecular complexity index is 454.